The van der Waals surface area contributed by atoms with Crippen LogP contribution in [0, 0.1) is 0 Å². The van der Waals surface area contributed by atoms with Gasteiger partial charge in [-0.15, -0.1) is 10.2 Å². The molecule has 0 fully saturated rings. The van der Waals surface area contributed by atoms with Gasteiger partial charge >= 0.3 is 0 Å². The first kappa shape index (κ1) is 17.4. The second-order valence-electron chi connectivity index (χ2n) is 6.50. The third-order valence-corrected chi connectivity index (χ3v) is 4.69. The van der Waals surface area contributed by atoms with E-state index in [2.05, 4.69) is 37.5 Å². The molecule has 0 radical (unpaired) electrons. The van der Waals surface area contributed by atoms with Crippen molar-refractivity contribution in [2.75, 3.05) is 30.5 Å². The molecule has 8 nitrogen and oxygen atoms in total. The first-order valence-corrected chi connectivity index (χ1v) is 9.08. The highest BCUT2D eigenvalue weighted by Crippen LogP contribution is 2.33. The average Bonchev–Trinajstić information content (AvgIpc) is 3.33. The van der Waals surface area contributed by atoms with E-state index in [0.29, 0.717) is 19.1 Å². The Morgan fingerprint density at radius 1 is 1.26 bits per heavy atom. The lowest BCUT2D eigenvalue weighted by atomic mass is 10.3. The van der Waals surface area contributed by atoms with Gasteiger partial charge in [0.05, 0.1) is 30.2 Å². The normalized spacial score (nSPS) is 14.2. The smallest absolute Gasteiger partial charge is 0.223 e. The van der Waals surface area contributed by atoms with Crippen molar-refractivity contribution in [3.05, 3.63) is 54.4 Å². The molecule has 4 rings (SSSR count). The van der Waals surface area contributed by atoms with E-state index in [4.69, 9.17) is 9.72 Å². The number of anilines is 3. The lowest BCUT2D eigenvalue weighted by Crippen LogP contribution is -2.17. The summed E-state index contributed by atoms with van der Waals surface area (Å²) in [5.74, 6) is 1.44. The zero-order chi connectivity index (χ0) is 18.6. The van der Waals surface area contributed by atoms with E-state index in [1.54, 1.807) is 13.4 Å². The second kappa shape index (κ2) is 7.71. The Morgan fingerprint density at radius 3 is 2.93 bits per heavy atom. The zero-order valence-electron chi connectivity index (χ0n) is 15.5. The van der Waals surface area contributed by atoms with Crippen molar-refractivity contribution in [2.45, 2.75) is 25.9 Å². The minimum absolute atomic E-state index is 0.0611. The monoisotopic (exact) mass is 365 g/mol. The maximum absolute atomic E-state index is 5.14. The summed E-state index contributed by atoms with van der Waals surface area (Å²) >= 11 is 0. The van der Waals surface area contributed by atoms with Gasteiger partial charge in [0, 0.05) is 32.3 Å². The predicted octanol–water partition coefficient (Wildman–Crippen LogP) is 2.58. The van der Waals surface area contributed by atoms with Gasteiger partial charge in [0.25, 0.3) is 0 Å². The molecule has 0 saturated carbocycles. The van der Waals surface area contributed by atoms with Gasteiger partial charge in [0.1, 0.15) is 6.33 Å². The van der Waals surface area contributed by atoms with E-state index in [1.807, 2.05) is 35.9 Å². The van der Waals surface area contributed by atoms with Gasteiger partial charge in [-0.05, 0) is 19.1 Å². The molecule has 140 valence electrons. The maximum Gasteiger partial charge on any atom is 0.223 e. The SMILES string of the molecule is COCCn1cnnc1C(C)Nc1ncc2c(n1)CCN2c1ccccc1. The summed E-state index contributed by atoms with van der Waals surface area (Å²) in [6, 6.07) is 10.3. The minimum Gasteiger partial charge on any atom is -0.383 e. The van der Waals surface area contributed by atoms with Crippen molar-refractivity contribution in [3.63, 3.8) is 0 Å². The summed E-state index contributed by atoms with van der Waals surface area (Å²) in [6.07, 6.45) is 4.51. The van der Waals surface area contributed by atoms with Gasteiger partial charge in [-0.1, -0.05) is 18.2 Å². The highest BCUT2D eigenvalue weighted by atomic mass is 16.5. The molecule has 1 N–H and O–H groups in total. The van der Waals surface area contributed by atoms with Crippen LogP contribution < -0.4 is 10.2 Å². The molecule has 0 spiro atoms. The van der Waals surface area contributed by atoms with Gasteiger partial charge in [-0.3, -0.25) is 0 Å². The van der Waals surface area contributed by atoms with Crippen molar-refractivity contribution in [2.24, 2.45) is 0 Å². The molecule has 1 aliphatic heterocycles. The number of para-hydroxylation sites is 1. The Labute approximate surface area is 158 Å². The molecule has 0 bridgehead atoms. The van der Waals surface area contributed by atoms with Crippen molar-refractivity contribution in [1.82, 2.24) is 24.7 Å². The summed E-state index contributed by atoms with van der Waals surface area (Å²) in [5, 5.41) is 11.6. The molecule has 0 aliphatic carbocycles. The average molecular weight is 365 g/mol. The fraction of sp³-hybridized carbons (Fsp3) is 0.368. The van der Waals surface area contributed by atoms with Crippen LogP contribution in [0.25, 0.3) is 0 Å². The molecule has 0 saturated heterocycles. The number of aromatic nitrogens is 5. The number of methoxy groups -OCH3 is 1. The van der Waals surface area contributed by atoms with E-state index in [-0.39, 0.29) is 6.04 Å². The topological polar surface area (TPSA) is 81.0 Å². The molecule has 2 aromatic heterocycles. The lowest BCUT2D eigenvalue weighted by Gasteiger charge is -2.19. The van der Waals surface area contributed by atoms with Crippen LogP contribution in [0.15, 0.2) is 42.9 Å². The van der Waals surface area contributed by atoms with E-state index in [0.717, 1.165) is 30.2 Å². The first-order chi connectivity index (χ1) is 13.3. The van der Waals surface area contributed by atoms with Crippen molar-refractivity contribution < 1.29 is 4.74 Å². The molecular weight excluding hydrogens is 342 g/mol. The molecule has 1 unspecified atom stereocenters. The van der Waals surface area contributed by atoms with Crippen molar-refractivity contribution in [3.8, 4) is 0 Å². The molecule has 27 heavy (non-hydrogen) atoms. The molecule has 8 heteroatoms. The quantitative estimate of drug-likeness (QED) is 0.689. The van der Waals surface area contributed by atoms with E-state index < -0.39 is 0 Å². The summed E-state index contributed by atoms with van der Waals surface area (Å²) in [6.45, 7) is 4.27. The van der Waals surface area contributed by atoms with Crippen LogP contribution in [0.2, 0.25) is 0 Å². The molecular formula is C19H23N7O. The highest BCUT2D eigenvalue weighted by Gasteiger charge is 2.23. The molecule has 1 aliphatic rings. The Kier molecular flexibility index (Phi) is 4.97. The van der Waals surface area contributed by atoms with Gasteiger partial charge < -0.3 is 19.5 Å². The third kappa shape index (κ3) is 3.61. The standard InChI is InChI=1S/C19H23N7O/c1-14(18-24-21-13-25(18)10-11-27-2)22-19-20-12-17-16(23-19)8-9-26(17)15-6-4-3-5-7-15/h3-7,12-14H,8-11H2,1-2H3,(H,20,22,23). The van der Waals surface area contributed by atoms with Crippen LogP contribution in [0.1, 0.15) is 24.5 Å². The number of nitrogens with one attached hydrogen (secondary N) is 1. The lowest BCUT2D eigenvalue weighted by molar-refractivity contribution is 0.186. The minimum atomic E-state index is -0.0611. The summed E-state index contributed by atoms with van der Waals surface area (Å²) in [7, 11) is 1.68. The first-order valence-electron chi connectivity index (χ1n) is 9.08. The summed E-state index contributed by atoms with van der Waals surface area (Å²) < 4.78 is 7.12. The van der Waals surface area contributed by atoms with E-state index in [1.165, 1.54) is 5.69 Å². The fourth-order valence-corrected chi connectivity index (χ4v) is 3.32. The Hall–Kier alpha value is -3.00. The number of hydrogen-bond donors (Lipinski definition) is 1. The molecule has 0 amide bonds. The summed E-state index contributed by atoms with van der Waals surface area (Å²) in [4.78, 5) is 11.5. The zero-order valence-corrected chi connectivity index (χ0v) is 15.5. The van der Waals surface area contributed by atoms with Crippen LogP contribution in [0.4, 0.5) is 17.3 Å². The van der Waals surface area contributed by atoms with Crippen LogP contribution >= 0.6 is 0 Å². The van der Waals surface area contributed by atoms with E-state index in [9.17, 15) is 0 Å². The van der Waals surface area contributed by atoms with Gasteiger partial charge in [0.15, 0.2) is 5.82 Å². The molecule has 3 heterocycles. The van der Waals surface area contributed by atoms with Crippen molar-refractivity contribution >= 4 is 17.3 Å². The molecule has 1 aromatic carbocycles. The Bertz CT molecular complexity index is 896. The van der Waals surface area contributed by atoms with Crippen LogP contribution in [-0.2, 0) is 17.7 Å². The molecule has 3 aromatic rings. The number of fused-ring (bicyclic) bond motifs is 1. The van der Waals surface area contributed by atoms with Gasteiger partial charge in [-0.25, -0.2) is 9.97 Å². The van der Waals surface area contributed by atoms with Crippen LogP contribution in [-0.4, -0.2) is 45.0 Å². The number of rotatable bonds is 7. The van der Waals surface area contributed by atoms with Crippen molar-refractivity contribution in [1.29, 1.82) is 0 Å². The van der Waals surface area contributed by atoms with Gasteiger partial charge in [-0.2, -0.15) is 0 Å². The molecule has 1 atom stereocenters. The maximum atomic E-state index is 5.14. The Balaban J connectivity index is 1.49. The fourth-order valence-electron chi connectivity index (χ4n) is 3.32. The summed E-state index contributed by atoms with van der Waals surface area (Å²) in [5.41, 5.74) is 3.30. The Morgan fingerprint density at radius 2 is 2.11 bits per heavy atom. The number of ether oxygens (including phenoxy) is 1. The number of nitrogens with zero attached hydrogens (tertiary/aromatic N) is 6. The van der Waals surface area contributed by atoms with Crippen LogP contribution in [0.5, 0.6) is 0 Å². The van der Waals surface area contributed by atoms with Crippen LogP contribution in [0.3, 0.4) is 0 Å². The van der Waals surface area contributed by atoms with E-state index >= 15 is 0 Å². The second-order valence-corrected chi connectivity index (χ2v) is 6.50. The van der Waals surface area contributed by atoms with Gasteiger partial charge in [0.2, 0.25) is 5.95 Å². The number of hydrogen-bond acceptors (Lipinski definition) is 7. The number of benzene rings is 1. The predicted molar refractivity (Wildman–Crippen MR) is 103 cm³/mol. The third-order valence-electron chi connectivity index (χ3n) is 4.69. The highest BCUT2D eigenvalue weighted by molar-refractivity contribution is 5.68. The largest absolute Gasteiger partial charge is 0.383 e.